The van der Waals surface area contributed by atoms with Gasteiger partial charge in [-0.05, 0) is 51.5 Å². The lowest BCUT2D eigenvalue weighted by Gasteiger charge is -2.17. The topological polar surface area (TPSA) is 104 Å². The SMILES string of the molecule is Cc1cc(C)n(CC(=O)NC2CCc3nn(CC4CC4)c(=O)n3CC2)c(=O)n1. The van der Waals surface area contributed by atoms with E-state index in [2.05, 4.69) is 15.4 Å². The van der Waals surface area contributed by atoms with Crippen LogP contribution in [0.3, 0.4) is 0 Å². The van der Waals surface area contributed by atoms with Gasteiger partial charge < -0.3 is 5.32 Å². The van der Waals surface area contributed by atoms with E-state index in [9.17, 15) is 14.4 Å². The summed E-state index contributed by atoms with van der Waals surface area (Å²) in [5.41, 5.74) is 0.904. The van der Waals surface area contributed by atoms with Crippen LogP contribution in [0.25, 0.3) is 0 Å². The van der Waals surface area contributed by atoms with Crippen molar-refractivity contribution in [3.05, 3.63) is 44.2 Å². The second-order valence-corrected chi connectivity index (χ2v) is 7.98. The first-order chi connectivity index (χ1) is 13.4. The molecule has 150 valence electrons. The molecule has 2 aromatic rings. The average Bonchev–Trinajstić information content (AvgIpc) is 3.41. The molecule has 9 nitrogen and oxygen atoms in total. The second-order valence-electron chi connectivity index (χ2n) is 7.98. The molecule has 2 aliphatic rings. The smallest absolute Gasteiger partial charge is 0.348 e. The Hall–Kier alpha value is -2.71. The van der Waals surface area contributed by atoms with E-state index in [4.69, 9.17) is 0 Å². The molecule has 1 aliphatic heterocycles. The Kier molecular flexibility index (Phi) is 4.91. The summed E-state index contributed by atoms with van der Waals surface area (Å²) < 4.78 is 4.72. The molecular formula is C19H26N6O3. The van der Waals surface area contributed by atoms with Gasteiger partial charge in [0.05, 0.1) is 0 Å². The normalized spacial score (nSPS) is 19.1. The van der Waals surface area contributed by atoms with Crippen LogP contribution < -0.4 is 16.7 Å². The van der Waals surface area contributed by atoms with E-state index in [1.165, 1.54) is 17.4 Å². The van der Waals surface area contributed by atoms with Crippen LogP contribution in [0.1, 0.15) is 42.9 Å². The number of aromatic nitrogens is 5. The first-order valence-corrected chi connectivity index (χ1v) is 9.91. The third-order valence-electron chi connectivity index (χ3n) is 5.56. The Morgan fingerprint density at radius 3 is 2.71 bits per heavy atom. The summed E-state index contributed by atoms with van der Waals surface area (Å²) in [6.07, 6.45) is 4.42. The van der Waals surface area contributed by atoms with Gasteiger partial charge in [0.25, 0.3) is 0 Å². The molecule has 3 heterocycles. The Bertz CT molecular complexity index is 1010. The summed E-state index contributed by atoms with van der Waals surface area (Å²) in [4.78, 5) is 40.9. The fraction of sp³-hybridized carbons (Fsp3) is 0.632. The summed E-state index contributed by atoms with van der Waals surface area (Å²) in [5.74, 6) is 1.19. The lowest BCUT2D eigenvalue weighted by atomic mass is 10.1. The number of rotatable bonds is 5. The first-order valence-electron chi connectivity index (χ1n) is 9.91. The van der Waals surface area contributed by atoms with Gasteiger partial charge in [-0.15, -0.1) is 0 Å². The Morgan fingerprint density at radius 2 is 2.00 bits per heavy atom. The Labute approximate surface area is 162 Å². The molecule has 1 unspecified atom stereocenters. The van der Waals surface area contributed by atoms with Crippen molar-refractivity contribution in [3.8, 4) is 0 Å². The quantitative estimate of drug-likeness (QED) is 0.788. The summed E-state index contributed by atoms with van der Waals surface area (Å²) in [5, 5.41) is 7.50. The van der Waals surface area contributed by atoms with Crippen LogP contribution in [-0.4, -0.2) is 35.8 Å². The van der Waals surface area contributed by atoms with Gasteiger partial charge in [0.15, 0.2) is 0 Å². The van der Waals surface area contributed by atoms with Crippen LogP contribution in [0.4, 0.5) is 0 Å². The van der Waals surface area contributed by atoms with Gasteiger partial charge in [-0.2, -0.15) is 10.1 Å². The predicted octanol–water partition coefficient (Wildman–Crippen LogP) is 0.150. The van der Waals surface area contributed by atoms with Gasteiger partial charge >= 0.3 is 11.4 Å². The minimum absolute atomic E-state index is 0.0400. The number of carbonyl (C=O) groups excluding carboxylic acids is 1. The van der Waals surface area contributed by atoms with Gasteiger partial charge in [0.1, 0.15) is 12.4 Å². The van der Waals surface area contributed by atoms with Gasteiger partial charge in [0.2, 0.25) is 5.91 Å². The largest absolute Gasteiger partial charge is 0.352 e. The zero-order valence-corrected chi connectivity index (χ0v) is 16.3. The van der Waals surface area contributed by atoms with E-state index in [0.717, 1.165) is 18.8 Å². The number of nitrogens with one attached hydrogen (secondary N) is 1. The molecule has 4 rings (SSSR count). The highest BCUT2D eigenvalue weighted by molar-refractivity contribution is 5.76. The molecule has 1 aliphatic carbocycles. The highest BCUT2D eigenvalue weighted by Crippen LogP contribution is 2.30. The second kappa shape index (κ2) is 7.37. The van der Waals surface area contributed by atoms with E-state index >= 15 is 0 Å². The Balaban J connectivity index is 1.38. The van der Waals surface area contributed by atoms with E-state index in [0.29, 0.717) is 36.7 Å². The van der Waals surface area contributed by atoms with Gasteiger partial charge in [-0.1, -0.05) is 0 Å². The molecule has 9 heteroatoms. The molecule has 1 amide bonds. The van der Waals surface area contributed by atoms with Crippen LogP contribution in [0.2, 0.25) is 0 Å². The van der Waals surface area contributed by atoms with Crippen LogP contribution in [0.15, 0.2) is 15.7 Å². The van der Waals surface area contributed by atoms with Gasteiger partial charge in [-0.25, -0.2) is 14.3 Å². The maximum atomic E-state index is 12.5. The standard InChI is InChI=1S/C19H26N6O3/c1-12-9-13(2)24(18(27)20-12)11-17(26)21-15-5-6-16-22-25(10-14-3-4-14)19(28)23(16)8-7-15/h9,14-15H,3-8,10-11H2,1-2H3,(H,21,26). The number of fused-ring (bicyclic) bond motifs is 1. The number of carbonyl (C=O) groups is 1. The van der Waals surface area contributed by atoms with Crippen molar-refractivity contribution in [2.24, 2.45) is 5.92 Å². The molecule has 28 heavy (non-hydrogen) atoms. The van der Waals surface area contributed by atoms with Gasteiger partial charge in [0, 0.05) is 36.9 Å². The molecule has 2 aromatic heterocycles. The third-order valence-corrected chi connectivity index (χ3v) is 5.56. The number of hydrogen-bond acceptors (Lipinski definition) is 5. The third kappa shape index (κ3) is 3.93. The van der Waals surface area contributed by atoms with Crippen LogP contribution in [-0.2, 0) is 30.8 Å². The molecule has 1 saturated carbocycles. The lowest BCUT2D eigenvalue weighted by molar-refractivity contribution is -0.122. The van der Waals surface area contributed by atoms with E-state index < -0.39 is 5.69 Å². The van der Waals surface area contributed by atoms with Crippen LogP contribution in [0, 0.1) is 19.8 Å². The number of hydrogen-bond donors (Lipinski definition) is 1. The highest BCUT2D eigenvalue weighted by Gasteiger charge is 2.26. The van der Waals surface area contributed by atoms with Crippen molar-refractivity contribution in [1.29, 1.82) is 0 Å². The zero-order chi connectivity index (χ0) is 19.8. The van der Waals surface area contributed by atoms with Crippen molar-refractivity contribution in [2.75, 3.05) is 0 Å². The predicted molar refractivity (Wildman–Crippen MR) is 102 cm³/mol. The van der Waals surface area contributed by atoms with Crippen molar-refractivity contribution >= 4 is 5.91 Å². The maximum Gasteiger partial charge on any atom is 0.348 e. The van der Waals surface area contributed by atoms with Gasteiger partial charge in [-0.3, -0.25) is 13.9 Å². The molecule has 0 spiro atoms. The van der Waals surface area contributed by atoms with E-state index in [1.54, 1.807) is 29.2 Å². The molecule has 0 radical (unpaired) electrons. The molecule has 1 N–H and O–H groups in total. The van der Waals surface area contributed by atoms with Crippen molar-refractivity contribution in [1.82, 2.24) is 29.2 Å². The molecule has 1 atom stereocenters. The fourth-order valence-electron chi connectivity index (χ4n) is 3.82. The number of amides is 1. The zero-order valence-electron chi connectivity index (χ0n) is 16.3. The van der Waals surface area contributed by atoms with Crippen molar-refractivity contribution in [2.45, 2.75) is 71.6 Å². The fourth-order valence-corrected chi connectivity index (χ4v) is 3.82. The molecular weight excluding hydrogens is 360 g/mol. The van der Waals surface area contributed by atoms with Crippen molar-refractivity contribution < 1.29 is 4.79 Å². The monoisotopic (exact) mass is 386 g/mol. The Morgan fingerprint density at radius 1 is 1.21 bits per heavy atom. The lowest BCUT2D eigenvalue weighted by Crippen LogP contribution is -2.40. The average molecular weight is 386 g/mol. The number of nitrogens with zero attached hydrogens (tertiary/aromatic N) is 5. The van der Waals surface area contributed by atoms with E-state index in [-0.39, 0.29) is 24.2 Å². The minimum Gasteiger partial charge on any atom is -0.352 e. The maximum absolute atomic E-state index is 12.5. The highest BCUT2D eigenvalue weighted by atomic mass is 16.2. The number of aryl methyl sites for hydroxylation is 3. The van der Waals surface area contributed by atoms with Crippen LogP contribution >= 0.6 is 0 Å². The minimum atomic E-state index is -0.412. The summed E-state index contributed by atoms with van der Waals surface area (Å²) in [6, 6.07) is 1.74. The molecule has 0 bridgehead atoms. The molecule has 0 saturated heterocycles. The van der Waals surface area contributed by atoms with Crippen LogP contribution in [0.5, 0.6) is 0 Å². The first kappa shape index (κ1) is 18.6. The molecule has 0 aromatic carbocycles. The summed E-state index contributed by atoms with van der Waals surface area (Å²) in [6.45, 7) is 4.77. The summed E-state index contributed by atoms with van der Waals surface area (Å²) in [7, 11) is 0. The molecule has 1 fully saturated rings. The van der Waals surface area contributed by atoms with Crippen molar-refractivity contribution in [3.63, 3.8) is 0 Å². The summed E-state index contributed by atoms with van der Waals surface area (Å²) >= 11 is 0. The van der Waals surface area contributed by atoms with E-state index in [1.807, 2.05) is 0 Å².